The van der Waals surface area contributed by atoms with Gasteiger partial charge in [-0.15, -0.1) is 22.0 Å². The van der Waals surface area contributed by atoms with Gasteiger partial charge in [-0.3, -0.25) is 4.79 Å². The van der Waals surface area contributed by atoms with Gasteiger partial charge in [0.15, 0.2) is 0 Å². The Bertz CT molecular complexity index is 721. The summed E-state index contributed by atoms with van der Waals surface area (Å²) in [4.78, 5) is 12.2. The molecule has 7 heteroatoms. The summed E-state index contributed by atoms with van der Waals surface area (Å²) < 4.78 is 12.6. The van der Waals surface area contributed by atoms with Crippen molar-refractivity contribution in [1.82, 2.24) is 4.57 Å². The normalized spacial score (nSPS) is 10.3. The third-order valence-corrected chi connectivity index (χ3v) is 4.00. The summed E-state index contributed by atoms with van der Waals surface area (Å²) in [5.74, 6) is 0.660. The van der Waals surface area contributed by atoms with E-state index in [0.717, 1.165) is 5.56 Å². The van der Waals surface area contributed by atoms with E-state index in [2.05, 4.69) is 22.0 Å². The maximum absolute atomic E-state index is 12.2. The van der Waals surface area contributed by atoms with E-state index in [1.165, 1.54) is 0 Å². The van der Waals surface area contributed by atoms with Crippen LogP contribution in [-0.4, -0.2) is 24.9 Å². The molecule has 1 heterocycles. The topological polar surface area (TPSA) is 40.5 Å². The zero-order valence-electron chi connectivity index (χ0n) is 12.9. The summed E-state index contributed by atoms with van der Waals surface area (Å²) >= 11 is 9.57. The van der Waals surface area contributed by atoms with Crippen LogP contribution in [-0.2, 0) is 44.0 Å². The molecule has 0 saturated heterocycles. The maximum Gasteiger partial charge on any atom is 0.208 e. The van der Waals surface area contributed by atoms with E-state index in [9.17, 15) is 4.79 Å². The number of rotatable bonds is 6. The second-order valence-electron chi connectivity index (χ2n) is 4.52. The van der Waals surface area contributed by atoms with Crippen molar-refractivity contribution < 1.29 is 42.2 Å². The van der Waals surface area contributed by atoms with Crippen LogP contribution < -0.4 is 10.3 Å². The van der Waals surface area contributed by atoms with E-state index in [0.29, 0.717) is 40.7 Å². The zero-order chi connectivity index (χ0) is 16.1. The second kappa shape index (κ2) is 9.95. The van der Waals surface area contributed by atoms with Gasteiger partial charge >= 0.3 is 0 Å². The fraction of sp³-hybridized carbons (Fsp3) is 0.312. The van der Waals surface area contributed by atoms with Crippen molar-refractivity contribution in [3.63, 3.8) is 0 Å². The molecule has 4 nitrogen and oxygen atoms in total. The summed E-state index contributed by atoms with van der Waals surface area (Å²) in [6.45, 7) is 3.40. The van der Waals surface area contributed by atoms with Gasteiger partial charge in [0, 0.05) is 46.4 Å². The third kappa shape index (κ3) is 5.14. The van der Waals surface area contributed by atoms with Crippen LogP contribution >= 0.6 is 27.5 Å². The first kappa shape index (κ1) is 20.8. The van der Waals surface area contributed by atoms with Gasteiger partial charge in [0.05, 0.1) is 6.61 Å². The van der Waals surface area contributed by atoms with Gasteiger partial charge in [0.1, 0.15) is 12.4 Å². The molecule has 0 spiro atoms. The minimum absolute atomic E-state index is 0. The Morgan fingerprint density at radius 3 is 2.70 bits per heavy atom. The van der Waals surface area contributed by atoms with Crippen molar-refractivity contribution >= 4 is 27.5 Å². The Morgan fingerprint density at radius 1 is 1.35 bits per heavy atom. The van der Waals surface area contributed by atoms with Gasteiger partial charge in [-0.25, -0.2) is 0 Å². The van der Waals surface area contributed by atoms with E-state index in [-0.39, 0.29) is 38.3 Å². The van der Waals surface area contributed by atoms with Gasteiger partial charge in [-0.2, -0.15) is 12.1 Å². The molecule has 0 saturated carbocycles. The summed E-state index contributed by atoms with van der Waals surface area (Å²) in [7, 11) is 1.62. The first-order valence-electron chi connectivity index (χ1n) is 6.81. The molecule has 0 amide bonds. The first-order chi connectivity index (χ1) is 10.6. The molecular weight excluding hydrogens is 458 g/mol. The average Bonchev–Trinajstić information content (AvgIpc) is 2.51. The maximum atomic E-state index is 12.2. The van der Waals surface area contributed by atoms with Crippen molar-refractivity contribution in [2.75, 3.05) is 20.3 Å². The van der Waals surface area contributed by atoms with Gasteiger partial charge in [0.25, 0.3) is 0 Å². The Kier molecular flexibility index (Phi) is 9.01. The Morgan fingerprint density at radius 2 is 2.09 bits per heavy atom. The van der Waals surface area contributed by atoms with Gasteiger partial charge < -0.3 is 14.0 Å². The van der Waals surface area contributed by atoms with Crippen molar-refractivity contribution in [2.45, 2.75) is 13.5 Å². The number of methoxy groups -OCH3 is 1. The number of nitrogens with zero attached hydrogens (tertiary/aromatic N) is 1. The van der Waals surface area contributed by atoms with Crippen LogP contribution in [0.5, 0.6) is 5.75 Å². The summed E-state index contributed by atoms with van der Waals surface area (Å²) in [6.07, 6.45) is 0. The van der Waals surface area contributed by atoms with Crippen LogP contribution in [0.4, 0.5) is 0 Å². The van der Waals surface area contributed by atoms with E-state index >= 15 is 0 Å². The zero-order valence-corrected chi connectivity index (χ0v) is 18.1. The SMILES string of the molecule is CCn1c(-c2ccc(OCCOC)cc2Cl)[c-]cc(Br)c1=O.[Y]. The molecule has 0 aliphatic carbocycles. The summed E-state index contributed by atoms with van der Waals surface area (Å²) in [5.41, 5.74) is 1.30. The molecule has 0 fully saturated rings. The van der Waals surface area contributed by atoms with Gasteiger partial charge in [-0.05, 0) is 28.6 Å². The molecule has 0 aliphatic heterocycles. The number of aromatic nitrogens is 1. The summed E-state index contributed by atoms with van der Waals surface area (Å²) in [5, 5.41) is 0.509. The molecular formula is C16H16BrClNO3Y-. The second-order valence-corrected chi connectivity index (χ2v) is 5.78. The number of benzene rings is 1. The largest absolute Gasteiger partial charge is 0.491 e. The molecule has 2 rings (SSSR count). The number of hydrogen-bond acceptors (Lipinski definition) is 3. The van der Waals surface area contributed by atoms with Crippen molar-refractivity contribution in [2.24, 2.45) is 0 Å². The number of halogens is 2. The molecule has 0 bridgehead atoms. The van der Waals surface area contributed by atoms with Crippen LogP contribution in [0.3, 0.4) is 0 Å². The third-order valence-electron chi connectivity index (χ3n) is 3.12. The van der Waals surface area contributed by atoms with Crippen LogP contribution in [0.2, 0.25) is 5.02 Å². The fourth-order valence-corrected chi connectivity index (χ4v) is 2.64. The predicted molar refractivity (Wildman–Crippen MR) is 90.7 cm³/mol. The molecule has 1 aromatic heterocycles. The fourth-order valence-electron chi connectivity index (χ4n) is 2.05. The van der Waals surface area contributed by atoms with Gasteiger partial charge in [0.2, 0.25) is 5.56 Å². The van der Waals surface area contributed by atoms with E-state index in [1.54, 1.807) is 23.8 Å². The van der Waals surface area contributed by atoms with E-state index < -0.39 is 0 Å². The molecule has 1 radical (unpaired) electrons. The smallest absolute Gasteiger partial charge is 0.208 e. The molecule has 121 valence electrons. The van der Waals surface area contributed by atoms with Crippen LogP contribution in [0.15, 0.2) is 33.5 Å². The predicted octanol–water partition coefficient (Wildman–Crippen LogP) is 3.77. The standard InChI is InChI=1S/C16H16BrClNO3.Y/c1-3-19-15(7-6-13(17)16(19)20)12-5-4-11(10-14(12)18)22-9-8-21-2;/h4-6,10H,3,8-9H2,1-2H3;/q-1;. The molecule has 1 aromatic carbocycles. The summed E-state index contributed by atoms with van der Waals surface area (Å²) in [6, 6.07) is 10.1. The minimum Gasteiger partial charge on any atom is -0.491 e. The number of pyridine rings is 1. The Labute approximate surface area is 174 Å². The van der Waals surface area contributed by atoms with Crippen molar-refractivity contribution in [3.05, 3.63) is 50.2 Å². The molecule has 0 N–H and O–H groups in total. The Hall–Kier alpha value is -0.196. The average molecular weight is 475 g/mol. The first-order valence-corrected chi connectivity index (χ1v) is 7.98. The molecule has 2 aromatic rings. The molecule has 0 aliphatic rings. The van der Waals surface area contributed by atoms with Gasteiger partial charge in [-0.1, -0.05) is 22.9 Å². The van der Waals surface area contributed by atoms with Crippen LogP contribution in [0.25, 0.3) is 11.3 Å². The number of hydrogen-bond donors (Lipinski definition) is 0. The number of ether oxygens (including phenoxy) is 2. The molecule has 0 unspecified atom stereocenters. The van der Waals surface area contributed by atoms with Crippen molar-refractivity contribution in [3.8, 4) is 17.0 Å². The molecule has 23 heavy (non-hydrogen) atoms. The Balaban J connectivity index is 0.00000264. The van der Waals surface area contributed by atoms with E-state index in [1.807, 2.05) is 19.1 Å². The van der Waals surface area contributed by atoms with Crippen LogP contribution in [0, 0.1) is 6.07 Å². The quantitative estimate of drug-likeness (QED) is 0.473. The monoisotopic (exact) mass is 473 g/mol. The van der Waals surface area contributed by atoms with Crippen molar-refractivity contribution in [1.29, 1.82) is 0 Å². The van der Waals surface area contributed by atoms with Crippen LogP contribution in [0.1, 0.15) is 6.92 Å². The minimum atomic E-state index is -0.104. The van der Waals surface area contributed by atoms with E-state index in [4.69, 9.17) is 21.1 Å². The molecule has 0 atom stereocenters.